The van der Waals surface area contributed by atoms with Crippen LogP contribution in [0.4, 0.5) is 0 Å². The Kier molecular flexibility index (Phi) is 4.69. The normalized spacial score (nSPS) is 12.1. The molecule has 0 atom stereocenters. The van der Waals surface area contributed by atoms with Gasteiger partial charge >= 0.3 is 0 Å². The van der Waals surface area contributed by atoms with Crippen molar-refractivity contribution in [3.05, 3.63) is 140 Å². The molecule has 0 saturated carbocycles. The maximum Gasteiger partial charge on any atom is 0.235 e. The zero-order chi connectivity index (χ0) is 28.8. The maximum atomic E-state index is 6.57. The Morgan fingerprint density at radius 3 is 2.02 bits per heavy atom. The van der Waals surface area contributed by atoms with Crippen molar-refractivity contribution in [3.63, 3.8) is 0 Å². The van der Waals surface area contributed by atoms with Gasteiger partial charge in [-0.05, 0) is 29.0 Å². The first-order chi connectivity index (χ1) is 21.8. The van der Waals surface area contributed by atoms with Gasteiger partial charge in [0.2, 0.25) is 5.95 Å². The molecule has 3 aromatic heterocycles. The van der Waals surface area contributed by atoms with Crippen LogP contribution in [0.5, 0.6) is 0 Å². The summed E-state index contributed by atoms with van der Waals surface area (Å²) in [5, 5.41) is 10.1. The molecule has 204 valence electrons. The highest BCUT2D eigenvalue weighted by Crippen LogP contribution is 2.46. The molecular weight excluding hydrogens is 538 g/mol. The first-order valence-corrected chi connectivity index (χ1v) is 14.9. The summed E-state index contributed by atoms with van der Waals surface area (Å²) in [5.74, 6) is 0.648. The number of aromatic nitrogens is 3. The minimum atomic E-state index is 0.648. The van der Waals surface area contributed by atoms with Crippen LogP contribution < -0.4 is 0 Å². The Hall–Kier alpha value is -6.00. The van der Waals surface area contributed by atoms with Gasteiger partial charge in [-0.3, -0.25) is 4.57 Å². The number of furan rings is 1. The zero-order valence-corrected chi connectivity index (χ0v) is 23.5. The van der Waals surface area contributed by atoms with Gasteiger partial charge in [-0.1, -0.05) is 121 Å². The summed E-state index contributed by atoms with van der Waals surface area (Å²) < 4.78 is 8.83. The SMILES string of the molecule is c1ccc2c(-c3nc(-n4c5ccccc5c5c6c7ccccc7oc6c6ccccc6c54)nc4ccccc34)cccc2c1. The van der Waals surface area contributed by atoms with E-state index < -0.39 is 0 Å². The van der Waals surface area contributed by atoms with E-state index in [-0.39, 0.29) is 0 Å². The highest BCUT2D eigenvalue weighted by molar-refractivity contribution is 6.35. The topological polar surface area (TPSA) is 43.9 Å². The van der Waals surface area contributed by atoms with Gasteiger partial charge < -0.3 is 4.42 Å². The largest absolute Gasteiger partial charge is 0.455 e. The minimum Gasteiger partial charge on any atom is -0.455 e. The number of fused-ring (bicyclic) bond motifs is 12. The van der Waals surface area contributed by atoms with Crippen LogP contribution in [0.15, 0.2) is 144 Å². The number of benzene rings is 7. The maximum absolute atomic E-state index is 6.57. The van der Waals surface area contributed by atoms with E-state index in [0.29, 0.717) is 5.95 Å². The van der Waals surface area contributed by atoms with Crippen LogP contribution in [0, 0.1) is 0 Å². The average Bonchev–Trinajstić information content (AvgIpc) is 3.64. The molecule has 0 N–H and O–H groups in total. The Bertz CT molecular complexity index is 2780. The Balaban J connectivity index is 1.43. The molecule has 0 aliphatic rings. The standard InChI is InChI=1S/C40H23N3O/c1-2-14-25-24(12-1)13-11-20-26(25)37-29-17-5-8-21-32(29)41-40(42-37)43-33-22-9-6-18-30(33)35-36-31-19-7-10-23-34(31)44-39(36)28-16-4-3-15-27(28)38(35)43/h1-23H. The van der Waals surface area contributed by atoms with Crippen molar-refractivity contribution in [1.29, 1.82) is 0 Å². The van der Waals surface area contributed by atoms with Gasteiger partial charge in [-0.2, -0.15) is 0 Å². The Morgan fingerprint density at radius 2 is 1.14 bits per heavy atom. The van der Waals surface area contributed by atoms with Gasteiger partial charge in [0.15, 0.2) is 0 Å². The second kappa shape index (κ2) is 8.76. The predicted octanol–water partition coefficient (Wildman–Crippen LogP) is 10.6. The lowest BCUT2D eigenvalue weighted by atomic mass is 9.99. The molecule has 3 heterocycles. The van der Waals surface area contributed by atoms with Gasteiger partial charge in [-0.25, -0.2) is 9.97 Å². The fourth-order valence-electron chi connectivity index (χ4n) is 7.13. The van der Waals surface area contributed by atoms with E-state index in [1.807, 2.05) is 6.07 Å². The number of hydrogen-bond acceptors (Lipinski definition) is 3. The molecule has 0 bridgehead atoms. The number of para-hydroxylation sites is 3. The van der Waals surface area contributed by atoms with E-state index in [0.717, 1.165) is 76.7 Å². The van der Waals surface area contributed by atoms with Gasteiger partial charge in [-0.15, -0.1) is 0 Å². The van der Waals surface area contributed by atoms with Crippen molar-refractivity contribution in [3.8, 4) is 17.2 Å². The molecule has 0 spiro atoms. The molecule has 0 unspecified atom stereocenters. The van der Waals surface area contributed by atoms with Crippen LogP contribution in [0.25, 0.3) is 93.4 Å². The lowest BCUT2D eigenvalue weighted by Gasteiger charge is -2.14. The molecule has 44 heavy (non-hydrogen) atoms. The first kappa shape index (κ1) is 23.6. The fourth-order valence-corrected chi connectivity index (χ4v) is 7.13. The second-order valence-electron chi connectivity index (χ2n) is 11.3. The van der Waals surface area contributed by atoms with Crippen LogP contribution in [-0.4, -0.2) is 14.5 Å². The average molecular weight is 562 g/mol. The molecule has 4 nitrogen and oxygen atoms in total. The number of hydrogen-bond donors (Lipinski definition) is 0. The summed E-state index contributed by atoms with van der Waals surface area (Å²) in [6.45, 7) is 0. The zero-order valence-electron chi connectivity index (χ0n) is 23.5. The third-order valence-electron chi connectivity index (χ3n) is 8.98. The van der Waals surface area contributed by atoms with Crippen LogP contribution in [0.1, 0.15) is 0 Å². The predicted molar refractivity (Wildman–Crippen MR) is 182 cm³/mol. The molecular formula is C40H23N3O. The lowest BCUT2D eigenvalue weighted by Crippen LogP contribution is -2.04. The molecule has 0 aliphatic carbocycles. The number of rotatable bonds is 2. The summed E-state index contributed by atoms with van der Waals surface area (Å²) in [7, 11) is 0. The lowest BCUT2D eigenvalue weighted by molar-refractivity contribution is 0.673. The third-order valence-corrected chi connectivity index (χ3v) is 8.98. The Labute approximate surface area is 251 Å². The molecule has 10 aromatic rings. The summed E-state index contributed by atoms with van der Waals surface area (Å²) in [4.78, 5) is 10.7. The Morgan fingerprint density at radius 1 is 0.477 bits per heavy atom. The molecule has 0 radical (unpaired) electrons. The van der Waals surface area contributed by atoms with Crippen LogP contribution >= 0.6 is 0 Å². The van der Waals surface area contributed by atoms with E-state index in [1.165, 1.54) is 10.8 Å². The van der Waals surface area contributed by atoms with Gasteiger partial charge in [0.1, 0.15) is 11.2 Å². The monoisotopic (exact) mass is 561 g/mol. The van der Waals surface area contributed by atoms with Crippen molar-refractivity contribution < 1.29 is 4.42 Å². The fraction of sp³-hybridized carbons (Fsp3) is 0. The first-order valence-electron chi connectivity index (χ1n) is 14.9. The van der Waals surface area contributed by atoms with E-state index in [1.54, 1.807) is 0 Å². The quantitative estimate of drug-likeness (QED) is 0.211. The third kappa shape index (κ3) is 3.11. The van der Waals surface area contributed by atoms with E-state index in [2.05, 4.69) is 138 Å². The molecule has 10 rings (SSSR count). The van der Waals surface area contributed by atoms with E-state index in [9.17, 15) is 0 Å². The van der Waals surface area contributed by atoms with E-state index >= 15 is 0 Å². The highest BCUT2D eigenvalue weighted by Gasteiger charge is 2.24. The molecule has 0 amide bonds. The smallest absolute Gasteiger partial charge is 0.235 e. The van der Waals surface area contributed by atoms with Crippen molar-refractivity contribution in [2.45, 2.75) is 0 Å². The van der Waals surface area contributed by atoms with Crippen molar-refractivity contribution in [1.82, 2.24) is 14.5 Å². The molecule has 4 heteroatoms. The van der Waals surface area contributed by atoms with Crippen molar-refractivity contribution >= 4 is 76.2 Å². The molecule has 0 saturated heterocycles. The van der Waals surface area contributed by atoms with Crippen molar-refractivity contribution in [2.75, 3.05) is 0 Å². The van der Waals surface area contributed by atoms with Gasteiger partial charge in [0, 0.05) is 43.3 Å². The summed E-state index contributed by atoms with van der Waals surface area (Å²) in [5.41, 5.74) is 6.87. The molecule has 0 fully saturated rings. The number of nitrogens with zero attached hydrogens (tertiary/aromatic N) is 3. The van der Waals surface area contributed by atoms with Crippen LogP contribution in [-0.2, 0) is 0 Å². The molecule has 7 aromatic carbocycles. The van der Waals surface area contributed by atoms with Crippen molar-refractivity contribution in [2.24, 2.45) is 0 Å². The van der Waals surface area contributed by atoms with Crippen LogP contribution in [0.3, 0.4) is 0 Å². The molecule has 0 aliphatic heterocycles. The minimum absolute atomic E-state index is 0.648. The summed E-state index contributed by atoms with van der Waals surface area (Å²) in [6.07, 6.45) is 0. The van der Waals surface area contributed by atoms with Gasteiger partial charge in [0.05, 0.1) is 22.2 Å². The summed E-state index contributed by atoms with van der Waals surface area (Å²) >= 11 is 0. The highest BCUT2D eigenvalue weighted by atomic mass is 16.3. The summed E-state index contributed by atoms with van der Waals surface area (Å²) in [6, 6.07) is 48.7. The van der Waals surface area contributed by atoms with Crippen LogP contribution in [0.2, 0.25) is 0 Å². The van der Waals surface area contributed by atoms with Gasteiger partial charge in [0.25, 0.3) is 0 Å². The van der Waals surface area contributed by atoms with E-state index in [4.69, 9.17) is 14.4 Å². The second-order valence-corrected chi connectivity index (χ2v) is 11.3.